The lowest BCUT2D eigenvalue weighted by molar-refractivity contribution is -0.0367. The van der Waals surface area contributed by atoms with Gasteiger partial charge in [-0.15, -0.1) is 0 Å². The smallest absolute Gasteiger partial charge is 0.315 e. The molecule has 1 aliphatic heterocycles. The highest BCUT2D eigenvalue weighted by atomic mass is 16.5. The van der Waals surface area contributed by atoms with Gasteiger partial charge < -0.3 is 25.2 Å². The number of phenols is 1. The maximum atomic E-state index is 12.2. The largest absolute Gasteiger partial charge is 0.504 e. The van der Waals surface area contributed by atoms with Gasteiger partial charge in [0.15, 0.2) is 11.5 Å². The van der Waals surface area contributed by atoms with Crippen molar-refractivity contribution < 1.29 is 19.4 Å². The number of benzene rings is 1. The average molecular weight is 348 g/mol. The van der Waals surface area contributed by atoms with E-state index in [0.29, 0.717) is 18.7 Å². The quantitative estimate of drug-likeness (QED) is 0.764. The van der Waals surface area contributed by atoms with E-state index in [4.69, 9.17) is 9.47 Å². The summed E-state index contributed by atoms with van der Waals surface area (Å²) >= 11 is 0. The van der Waals surface area contributed by atoms with Gasteiger partial charge in [-0.2, -0.15) is 0 Å². The van der Waals surface area contributed by atoms with Gasteiger partial charge in [-0.25, -0.2) is 4.79 Å². The zero-order chi connectivity index (χ0) is 17.7. The van der Waals surface area contributed by atoms with Crippen molar-refractivity contribution in [2.24, 2.45) is 0 Å². The van der Waals surface area contributed by atoms with E-state index in [0.717, 1.165) is 31.4 Å². The fraction of sp³-hybridized carbons (Fsp3) is 0.632. The van der Waals surface area contributed by atoms with Crippen molar-refractivity contribution in [1.29, 1.82) is 0 Å². The third-order valence-electron chi connectivity index (χ3n) is 5.38. The number of carbonyl (C=O) groups is 1. The van der Waals surface area contributed by atoms with Crippen molar-refractivity contribution in [3.63, 3.8) is 0 Å². The summed E-state index contributed by atoms with van der Waals surface area (Å²) in [6.07, 6.45) is 7.29. The molecule has 3 N–H and O–H groups in total. The van der Waals surface area contributed by atoms with Gasteiger partial charge in [0, 0.05) is 13.2 Å². The molecule has 1 aliphatic carbocycles. The molecule has 1 aromatic carbocycles. The molecule has 1 aromatic rings. The Balaban J connectivity index is 1.46. The summed E-state index contributed by atoms with van der Waals surface area (Å²) in [5.41, 5.74) is 0.864. The number of amides is 2. The summed E-state index contributed by atoms with van der Waals surface area (Å²) in [6, 6.07) is 5.21. The van der Waals surface area contributed by atoms with Crippen LogP contribution < -0.4 is 15.4 Å². The third-order valence-corrected chi connectivity index (χ3v) is 5.38. The molecule has 1 atom stereocenters. The molecule has 2 aliphatic rings. The number of hydrogen-bond acceptors (Lipinski definition) is 4. The Hall–Kier alpha value is -1.95. The Kier molecular flexibility index (Phi) is 5.68. The summed E-state index contributed by atoms with van der Waals surface area (Å²) in [5.74, 6) is 0.570. The highest BCUT2D eigenvalue weighted by Crippen LogP contribution is 2.39. The van der Waals surface area contributed by atoms with Crippen LogP contribution in [0.5, 0.6) is 11.5 Å². The van der Waals surface area contributed by atoms with Crippen LogP contribution in [0.4, 0.5) is 4.79 Å². The summed E-state index contributed by atoms with van der Waals surface area (Å²) in [4.78, 5) is 12.2. The van der Waals surface area contributed by atoms with Crippen molar-refractivity contribution in [2.45, 2.75) is 56.6 Å². The van der Waals surface area contributed by atoms with Gasteiger partial charge in [0.1, 0.15) is 0 Å². The first-order valence-electron chi connectivity index (χ1n) is 9.17. The highest BCUT2D eigenvalue weighted by Gasteiger charge is 2.45. The fourth-order valence-corrected chi connectivity index (χ4v) is 4.00. The molecule has 2 amide bonds. The van der Waals surface area contributed by atoms with E-state index >= 15 is 0 Å². The molecule has 0 radical (unpaired) electrons. The fourth-order valence-electron chi connectivity index (χ4n) is 4.00. The van der Waals surface area contributed by atoms with E-state index in [1.807, 2.05) is 6.07 Å². The number of rotatable bonds is 5. The number of phenolic OH excluding ortho intramolecular Hbond substituents is 1. The van der Waals surface area contributed by atoms with Crippen LogP contribution in [-0.4, -0.2) is 43.0 Å². The van der Waals surface area contributed by atoms with Gasteiger partial charge in [-0.3, -0.25) is 0 Å². The topological polar surface area (TPSA) is 79.8 Å². The standard InChI is InChI=1S/C19H28N2O4/c1-24-16-13-14(5-6-15(16)22)7-11-20-18(23)21-17-8-12-25-19(17)9-3-2-4-10-19/h5-6,13,17,22H,2-4,7-12H2,1H3,(H2,20,21,23). The molecule has 0 aromatic heterocycles. The van der Waals surface area contributed by atoms with Crippen LogP contribution >= 0.6 is 0 Å². The monoisotopic (exact) mass is 348 g/mol. The van der Waals surface area contributed by atoms with Crippen molar-refractivity contribution in [2.75, 3.05) is 20.3 Å². The first-order valence-corrected chi connectivity index (χ1v) is 9.17. The molecular formula is C19H28N2O4. The zero-order valence-electron chi connectivity index (χ0n) is 14.8. The highest BCUT2D eigenvalue weighted by molar-refractivity contribution is 5.74. The second-order valence-electron chi connectivity index (χ2n) is 6.97. The lowest BCUT2D eigenvalue weighted by Crippen LogP contribution is -2.53. The van der Waals surface area contributed by atoms with Crippen molar-refractivity contribution >= 4 is 6.03 Å². The third kappa shape index (κ3) is 4.18. The molecule has 0 bridgehead atoms. The molecule has 1 saturated heterocycles. The second kappa shape index (κ2) is 7.95. The van der Waals surface area contributed by atoms with Crippen LogP contribution in [-0.2, 0) is 11.2 Å². The van der Waals surface area contributed by atoms with E-state index in [1.165, 1.54) is 26.4 Å². The first-order chi connectivity index (χ1) is 12.1. The first kappa shape index (κ1) is 17.9. The van der Waals surface area contributed by atoms with Crippen molar-refractivity contribution in [1.82, 2.24) is 10.6 Å². The normalized spacial score (nSPS) is 21.9. The van der Waals surface area contributed by atoms with E-state index < -0.39 is 0 Å². The molecular weight excluding hydrogens is 320 g/mol. The lowest BCUT2D eigenvalue weighted by atomic mass is 9.80. The second-order valence-corrected chi connectivity index (χ2v) is 6.97. The Morgan fingerprint density at radius 1 is 1.36 bits per heavy atom. The van der Waals surface area contributed by atoms with E-state index in [-0.39, 0.29) is 23.4 Å². The molecule has 1 unspecified atom stereocenters. The predicted molar refractivity (Wildman–Crippen MR) is 95.1 cm³/mol. The van der Waals surface area contributed by atoms with Gasteiger partial charge >= 0.3 is 6.03 Å². The van der Waals surface area contributed by atoms with Gasteiger partial charge in [0.25, 0.3) is 0 Å². The molecule has 1 saturated carbocycles. The predicted octanol–water partition coefficient (Wildman–Crippen LogP) is 2.73. The van der Waals surface area contributed by atoms with E-state index in [1.54, 1.807) is 12.1 Å². The lowest BCUT2D eigenvalue weighted by Gasteiger charge is -2.38. The van der Waals surface area contributed by atoms with Crippen LogP contribution in [0.3, 0.4) is 0 Å². The van der Waals surface area contributed by atoms with Crippen LogP contribution in [0.1, 0.15) is 44.1 Å². The van der Waals surface area contributed by atoms with E-state index in [9.17, 15) is 9.90 Å². The maximum Gasteiger partial charge on any atom is 0.315 e. The number of aromatic hydroxyl groups is 1. The van der Waals surface area contributed by atoms with Gasteiger partial charge in [0.05, 0.1) is 18.8 Å². The van der Waals surface area contributed by atoms with Crippen molar-refractivity contribution in [3.8, 4) is 11.5 Å². The van der Waals surface area contributed by atoms with Crippen LogP contribution in [0.25, 0.3) is 0 Å². The SMILES string of the molecule is COc1cc(CCNC(=O)NC2CCOC23CCCCC3)ccc1O. The summed E-state index contributed by atoms with van der Waals surface area (Å²) in [7, 11) is 1.52. The number of nitrogens with one attached hydrogen (secondary N) is 2. The Morgan fingerprint density at radius 2 is 2.16 bits per heavy atom. The molecule has 25 heavy (non-hydrogen) atoms. The van der Waals surface area contributed by atoms with Gasteiger partial charge in [0.2, 0.25) is 0 Å². The Bertz CT molecular complexity index is 599. The van der Waals surface area contributed by atoms with E-state index in [2.05, 4.69) is 10.6 Å². The van der Waals surface area contributed by atoms with Crippen molar-refractivity contribution in [3.05, 3.63) is 23.8 Å². The minimum atomic E-state index is -0.139. The van der Waals surface area contributed by atoms with Crippen LogP contribution in [0.15, 0.2) is 18.2 Å². The summed E-state index contributed by atoms with van der Waals surface area (Å²) in [6.45, 7) is 1.26. The Labute approximate surface area is 148 Å². The molecule has 138 valence electrons. The summed E-state index contributed by atoms with van der Waals surface area (Å²) in [5, 5.41) is 15.7. The molecule has 1 spiro atoms. The molecule has 6 heteroatoms. The Morgan fingerprint density at radius 3 is 2.92 bits per heavy atom. The number of carbonyl (C=O) groups excluding carboxylic acids is 1. The number of methoxy groups -OCH3 is 1. The maximum absolute atomic E-state index is 12.2. The number of urea groups is 1. The summed E-state index contributed by atoms with van der Waals surface area (Å²) < 4.78 is 11.1. The minimum absolute atomic E-state index is 0.113. The van der Waals surface area contributed by atoms with Gasteiger partial charge in [-0.05, 0) is 43.4 Å². The van der Waals surface area contributed by atoms with Crippen LogP contribution in [0.2, 0.25) is 0 Å². The minimum Gasteiger partial charge on any atom is -0.504 e. The number of ether oxygens (including phenoxy) is 2. The number of hydrogen-bond donors (Lipinski definition) is 3. The average Bonchev–Trinajstić information content (AvgIpc) is 2.98. The molecule has 6 nitrogen and oxygen atoms in total. The molecule has 1 heterocycles. The van der Waals surface area contributed by atoms with Gasteiger partial charge in [-0.1, -0.05) is 25.3 Å². The molecule has 3 rings (SSSR count). The van der Waals surface area contributed by atoms with Crippen LogP contribution in [0, 0.1) is 0 Å². The molecule has 2 fully saturated rings. The zero-order valence-corrected chi connectivity index (χ0v) is 14.8.